The molecule has 1 N–H and O–H groups in total. The highest BCUT2D eigenvalue weighted by molar-refractivity contribution is 5.98. The highest BCUT2D eigenvalue weighted by Gasteiger charge is 2.31. The maximum atomic E-state index is 12.8. The van der Waals surface area contributed by atoms with Crippen molar-refractivity contribution in [2.45, 2.75) is 57.8 Å². The zero-order valence-corrected chi connectivity index (χ0v) is 22.0. The van der Waals surface area contributed by atoms with Crippen molar-refractivity contribution in [2.24, 2.45) is 4.99 Å². The van der Waals surface area contributed by atoms with Gasteiger partial charge in [0.15, 0.2) is 0 Å². The Labute approximate surface area is 228 Å². The van der Waals surface area contributed by atoms with Crippen LogP contribution in [0.2, 0.25) is 0 Å². The minimum absolute atomic E-state index is 0.145. The number of pyridine rings is 1. The molecular formula is C32H32N6O. The number of rotatable bonds is 7. The fourth-order valence-electron chi connectivity index (χ4n) is 6.24. The van der Waals surface area contributed by atoms with E-state index in [4.69, 9.17) is 9.97 Å². The Kier molecular flexibility index (Phi) is 6.29. The number of nitrogens with zero attached hydrogens (tertiary/aromatic N) is 5. The first kappa shape index (κ1) is 24.0. The van der Waals surface area contributed by atoms with Gasteiger partial charge in [-0.3, -0.25) is 19.7 Å². The van der Waals surface area contributed by atoms with Gasteiger partial charge in [-0.2, -0.15) is 0 Å². The van der Waals surface area contributed by atoms with Gasteiger partial charge < -0.3 is 9.88 Å². The van der Waals surface area contributed by atoms with Gasteiger partial charge in [-0.25, -0.2) is 4.98 Å². The number of para-hydroxylation sites is 2. The molecule has 2 aromatic heterocycles. The first-order chi connectivity index (χ1) is 19.2. The first-order valence-electron chi connectivity index (χ1n) is 13.9. The summed E-state index contributed by atoms with van der Waals surface area (Å²) < 4.78 is 0. The number of aliphatic imine (C=N–C) groups is 1. The smallest absolute Gasteiger partial charge is 0.252 e. The molecule has 196 valence electrons. The normalized spacial score (nSPS) is 18.7. The largest absolute Gasteiger partial charge is 0.341 e. The number of amides is 1. The van der Waals surface area contributed by atoms with Crippen LogP contribution >= 0.6 is 0 Å². The quantitative estimate of drug-likeness (QED) is 0.352. The summed E-state index contributed by atoms with van der Waals surface area (Å²) in [6.45, 7) is 2.75. The predicted molar refractivity (Wildman–Crippen MR) is 152 cm³/mol. The number of fused-ring (bicyclic) bond motifs is 2. The third kappa shape index (κ3) is 4.79. The molecule has 0 spiro atoms. The lowest BCUT2D eigenvalue weighted by molar-refractivity contribution is -0.126. The summed E-state index contributed by atoms with van der Waals surface area (Å²) in [5.41, 5.74) is 8.85. The molecule has 2 aliphatic heterocycles. The minimum Gasteiger partial charge on any atom is -0.341 e. The number of imidazole rings is 1. The number of carbonyl (C=O) groups is 1. The molecule has 39 heavy (non-hydrogen) atoms. The molecule has 7 nitrogen and oxygen atoms in total. The lowest BCUT2D eigenvalue weighted by Gasteiger charge is -2.34. The van der Waals surface area contributed by atoms with E-state index in [9.17, 15) is 4.79 Å². The van der Waals surface area contributed by atoms with Crippen molar-refractivity contribution in [1.29, 1.82) is 0 Å². The maximum Gasteiger partial charge on any atom is 0.252 e. The van der Waals surface area contributed by atoms with E-state index in [1.165, 1.54) is 16.8 Å². The molecule has 1 aliphatic carbocycles. The van der Waals surface area contributed by atoms with Crippen LogP contribution in [0.5, 0.6) is 0 Å². The fourth-order valence-corrected chi connectivity index (χ4v) is 6.24. The second-order valence-corrected chi connectivity index (χ2v) is 10.8. The van der Waals surface area contributed by atoms with Crippen molar-refractivity contribution in [3.05, 3.63) is 106 Å². The minimum atomic E-state index is 0.145. The molecule has 1 atom stereocenters. The number of aryl methyl sites for hydroxylation is 1. The van der Waals surface area contributed by atoms with Crippen LogP contribution in [0.4, 0.5) is 0 Å². The molecule has 0 saturated carbocycles. The summed E-state index contributed by atoms with van der Waals surface area (Å²) in [4.78, 5) is 35.0. The zero-order chi connectivity index (χ0) is 26.2. The molecule has 2 aromatic carbocycles. The topological polar surface area (TPSA) is 77.5 Å². The molecule has 4 aromatic rings. The molecule has 1 unspecified atom stereocenters. The Morgan fingerprint density at radius 1 is 0.974 bits per heavy atom. The molecule has 0 fully saturated rings. The average Bonchev–Trinajstić information content (AvgIpc) is 3.53. The van der Waals surface area contributed by atoms with E-state index < -0.39 is 0 Å². The van der Waals surface area contributed by atoms with Crippen molar-refractivity contribution in [1.82, 2.24) is 24.8 Å². The molecule has 0 saturated heterocycles. The molecule has 7 rings (SSSR count). The van der Waals surface area contributed by atoms with Gasteiger partial charge in [-0.15, -0.1) is 0 Å². The van der Waals surface area contributed by atoms with E-state index in [-0.39, 0.29) is 11.9 Å². The van der Waals surface area contributed by atoms with Gasteiger partial charge >= 0.3 is 0 Å². The standard InChI is InChI=1S/C32H32N6O/c39-32-25-8-5-16-33-28(25)20-38(32)19-23-14-12-22(13-15-23)18-37(21-30-35-26-9-1-2-10-27(26)36-30)29-11-3-6-24-7-4-17-34-31(24)29/h1-2,4,7,9-10,12-17,29H,3,5-6,8,11,18-21H2,(H,35,36). The Hall–Kier alpha value is -4.10. The molecule has 1 amide bonds. The second-order valence-electron chi connectivity index (χ2n) is 10.8. The van der Waals surface area contributed by atoms with E-state index in [1.807, 2.05) is 35.5 Å². The second kappa shape index (κ2) is 10.2. The third-order valence-electron chi connectivity index (χ3n) is 8.18. The first-order valence-corrected chi connectivity index (χ1v) is 13.9. The van der Waals surface area contributed by atoms with Crippen molar-refractivity contribution in [2.75, 3.05) is 6.54 Å². The molecule has 7 heteroatoms. The van der Waals surface area contributed by atoms with Crippen LogP contribution < -0.4 is 0 Å². The number of aromatic nitrogens is 3. The number of hydrogen-bond donors (Lipinski definition) is 1. The Morgan fingerprint density at radius 2 is 1.85 bits per heavy atom. The van der Waals surface area contributed by atoms with Crippen LogP contribution in [0.15, 0.2) is 83.1 Å². The molecule has 0 radical (unpaired) electrons. The van der Waals surface area contributed by atoms with Crippen LogP contribution in [-0.2, 0) is 30.8 Å². The summed E-state index contributed by atoms with van der Waals surface area (Å²) in [6, 6.07) is 21.4. The van der Waals surface area contributed by atoms with Gasteiger partial charge in [0, 0.05) is 31.1 Å². The summed E-state index contributed by atoms with van der Waals surface area (Å²) in [5.74, 6) is 1.12. The molecule has 4 heterocycles. The SMILES string of the molecule is O=C1C2=C(CN1Cc1ccc(CN(Cc3nc4ccccc4[nH]3)C3CCCc4cccnc43)cc1)N=CCC2. The predicted octanol–water partition coefficient (Wildman–Crippen LogP) is 5.50. The van der Waals surface area contributed by atoms with Gasteiger partial charge in [0.2, 0.25) is 0 Å². The van der Waals surface area contributed by atoms with Crippen molar-refractivity contribution in [3.8, 4) is 0 Å². The summed E-state index contributed by atoms with van der Waals surface area (Å²) in [6.07, 6.45) is 8.85. The monoisotopic (exact) mass is 516 g/mol. The zero-order valence-electron chi connectivity index (χ0n) is 22.0. The van der Waals surface area contributed by atoms with Crippen molar-refractivity contribution < 1.29 is 4.79 Å². The number of benzene rings is 2. The van der Waals surface area contributed by atoms with Crippen LogP contribution in [0.1, 0.15) is 59.9 Å². The van der Waals surface area contributed by atoms with Crippen LogP contribution in [0.25, 0.3) is 11.0 Å². The van der Waals surface area contributed by atoms with E-state index in [1.54, 1.807) is 0 Å². The summed E-state index contributed by atoms with van der Waals surface area (Å²) in [5, 5.41) is 0. The van der Waals surface area contributed by atoms with Crippen LogP contribution in [0, 0.1) is 0 Å². The maximum absolute atomic E-state index is 12.8. The van der Waals surface area contributed by atoms with Gasteiger partial charge in [0.25, 0.3) is 5.91 Å². The van der Waals surface area contributed by atoms with Crippen molar-refractivity contribution in [3.63, 3.8) is 0 Å². The van der Waals surface area contributed by atoms with Crippen LogP contribution in [0.3, 0.4) is 0 Å². The summed E-state index contributed by atoms with van der Waals surface area (Å²) >= 11 is 0. The van der Waals surface area contributed by atoms with E-state index in [0.717, 1.165) is 78.9 Å². The molecular weight excluding hydrogens is 484 g/mol. The Bertz CT molecular complexity index is 1550. The highest BCUT2D eigenvalue weighted by atomic mass is 16.2. The van der Waals surface area contributed by atoms with Gasteiger partial charge in [-0.05, 0) is 67.0 Å². The number of nitrogens with one attached hydrogen (secondary N) is 1. The molecule has 0 bridgehead atoms. The number of hydrogen-bond acceptors (Lipinski definition) is 5. The number of aromatic amines is 1. The highest BCUT2D eigenvalue weighted by Crippen LogP contribution is 2.35. The number of H-pyrrole nitrogens is 1. The Morgan fingerprint density at radius 3 is 2.72 bits per heavy atom. The number of carbonyl (C=O) groups excluding carboxylic acids is 1. The Balaban J connectivity index is 1.11. The molecule has 3 aliphatic rings. The lowest BCUT2D eigenvalue weighted by Crippen LogP contribution is -2.32. The van der Waals surface area contributed by atoms with Gasteiger partial charge in [-0.1, -0.05) is 42.5 Å². The van der Waals surface area contributed by atoms with Gasteiger partial charge in [0.05, 0.1) is 41.6 Å². The summed E-state index contributed by atoms with van der Waals surface area (Å²) in [7, 11) is 0. The van der Waals surface area contributed by atoms with E-state index in [0.29, 0.717) is 13.1 Å². The van der Waals surface area contributed by atoms with Crippen LogP contribution in [-0.4, -0.2) is 43.4 Å². The average molecular weight is 517 g/mol. The van der Waals surface area contributed by atoms with E-state index in [2.05, 4.69) is 57.3 Å². The van der Waals surface area contributed by atoms with E-state index >= 15 is 0 Å². The van der Waals surface area contributed by atoms with Gasteiger partial charge in [0.1, 0.15) is 5.82 Å². The lowest BCUT2D eigenvalue weighted by atomic mass is 9.90. The third-order valence-corrected chi connectivity index (χ3v) is 8.18. The fraction of sp³-hybridized carbons (Fsp3) is 0.312. The van der Waals surface area contributed by atoms with Crippen molar-refractivity contribution >= 4 is 23.2 Å².